The number of rotatable bonds is 6. The summed E-state index contributed by atoms with van der Waals surface area (Å²) >= 11 is 0. The van der Waals surface area contributed by atoms with E-state index >= 15 is 0 Å². The van der Waals surface area contributed by atoms with Gasteiger partial charge in [-0.2, -0.15) is 0 Å². The van der Waals surface area contributed by atoms with Crippen molar-refractivity contribution in [3.63, 3.8) is 0 Å². The Hall–Kier alpha value is -3.20. The lowest BCUT2D eigenvalue weighted by Gasteiger charge is -2.37. The largest absolute Gasteiger partial charge is 0.508 e. The molecule has 0 unspecified atom stereocenters. The molecule has 2 aliphatic heterocycles. The normalized spacial score (nSPS) is 19.3. The smallest absolute Gasteiger partial charge is 0.270 e. The molecule has 0 saturated carbocycles. The molecule has 7 nitrogen and oxygen atoms in total. The van der Waals surface area contributed by atoms with Crippen molar-refractivity contribution in [3.05, 3.63) is 54.1 Å². The van der Waals surface area contributed by atoms with Crippen LogP contribution in [0.3, 0.4) is 0 Å². The fraction of sp³-hybridized carbons (Fsp3) is 0.440. The van der Waals surface area contributed by atoms with Crippen molar-refractivity contribution in [1.29, 1.82) is 0 Å². The second kappa shape index (κ2) is 9.97. The van der Waals surface area contributed by atoms with Crippen LogP contribution in [0.2, 0.25) is 0 Å². The first-order valence-corrected chi connectivity index (χ1v) is 11.5. The number of halogens is 2. The van der Waals surface area contributed by atoms with Gasteiger partial charge in [0, 0.05) is 56.6 Å². The summed E-state index contributed by atoms with van der Waals surface area (Å²) in [7, 11) is 0. The van der Waals surface area contributed by atoms with Gasteiger partial charge in [-0.1, -0.05) is 12.1 Å². The van der Waals surface area contributed by atoms with Crippen molar-refractivity contribution in [1.82, 2.24) is 9.80 Å². The van der Waals surface area contributed by atoms with Gasteiger partial charge in [-0.15, -0.1) is 0 Å². The molecule has 2 N–H and O–H groups in total. The minimum absolute atomic E-state index is 0.0125. The van der Waals surface area contributed by atoms with E-state index in [1.54, 1.807) is 23.1 Å². The number of nitrogens with zero attached hydrogens (tertiary/aromatic N) is 3. The Morgan fingerprint density at radius 1 is 1.06 bits per heavy atom. The van der Waals surface area contributed by atoms with E-state index in [0.29, 0.717) is 51.4 Å². The van der Waals surface area contributed by atoms with Crippen LogP contribution in [0.1, 0.15) is 18.9 Å². The Labute approximate surface area is 197 Å². The Bertz CT molecular complexity index is 1020. The first-order valence-electron chi connectivity index (χ1n) is 11.5. The highest BCUT2D eigenvalue weighted by atomic mass is 19.3. The van der Waals surface area contributed by atoms with E-state index in [-0.39, 0.29) is 35.6 Å². The van der Waals surface area contributed by atoms with E-state index in [9.17, 15) is 23.5 Å². The summed E-state index contributed by atoms with van der Waals surface area (Å²) in [6.45, 7) is 4.59. The molecule has 4 rings (SSSR count). The number of likely N-dealkylation sites (tertiary alicyclic amines) is 1. The Morgan fingerprint density at radius 2 is 1.76 bits per heavy atom. The standard InChI is InChI=1S/C25H30F2N4O3/c1-25(26,27)19-3-2-4-21(15-19)30-11-13-31(14-12-30)23(33)17-29-10-9-18(16-29)24(34)28-20-5-7-22(32)8-6-20/h2-8,15,18,32H,9-14,16-17H2,1H3,(H,28,34)/t18-/m1/s1. The van der Waals surface area contributed by atoms with Crippen LogP contribution in [0.5, 0.6) is 5.75 Å². The van der Waals surface area contributed by atoms with Gasteiger partial charge in [0.05, 0.1) is 12.5 Å². The molecule has 2 aromatic rings. The van der Waals surface area contributed by atoms with E-state index in [2.05, 4.69) is 5.32 Å². The van der Waals surface area contributed by atoms with Crippen LogP contribution in [0.4, 0.5) is 20.2 Å². The number of alkyl halides is 2. The summed E-state index contributed by atoms with van der Waals surface area (Å²) in [6, 6.07) is 12.7. The number of aromatic hydroxyl groups is 1. The highest BCUT2D eigenvalue weighted by Gasteiger charge is 2.31. The Balaban J connectivity index is 1.24. The van der Waals surface area contributed by atoms with E-state index in [0.717, 1.165) is 12.6 Å². The van der Waals surface area contributed by atoms with Crippen molar-refractivity contribution >= 4 is 23.2 Å². The maximum Gasteiger partial charge on any atom is 0.270 e. The van der Waals surface area contributed by atoms with Crippen molar-refractivity contribution in [2.24, 2.45) is 5.92 Å². The number of amides is 2. The molecule has 0 aromatic heterocycles. The van der Waals surface area contributed by atoms with Gasteiger partial charge in [0.1, 0.15) is 5.75 Å². The average Bonchev–Trinajstić information content (AvgIpc) is 3.29. The third-order valence-corrected chi connectivity index (χ3v) is 6.49. The second-order valence-corrected chi connectivity index (χ2v) is 9.06. The summed E-state index contributed by atoms with van der Waals surface area (Å²) in [4.78, 5) is 31.2. The van der Waals surface area contributed by atoms with Gasteiger partial charge in [-0.05, 0) is 49.4 Å². The number of piperazine rings is 1. The summed E-state index contributed by atoms with van der Waals surface area (Å²) in [6.07, 6.45) is 0.684. The second-order valence-electron chi connectivity index (χ2n) is 9.06. The van der Waals surface area contributed by atoms with Crippen molar-refractivity contribution in [2.45, 2.75) is 19.3 Å². The topological polar surface area (TPSA) is 76.1 Å². The van der Waals surface area contributed by atoms with Gasteiger partial charge in [-0.3, -0.25) is 14.5 Å². The molecular formula is C25H30F2N4O3. The quantitative estimate of drug-likeness (QED) is 0.632. The number of hydrogen-bond donors (Lipinski definition) is 2. The molecule has 2 aliphatic rings. The summed E-state index contributed by atoms with van der Waals surface area (Å²) in [5, 5.41) is 12.2. The number of phenols is 1. The molecule has 0 radical (unpaired) electrons. The van der Waals surface area contributed by atoms with Crippen molar-refractivity contribution in [3.8, 4) is 5.75 Å². The molecular weight excluding hydrogens is 442 g/mol. The van der Waals surface area contributed by atoms with E-state index in [1.165, 1.54) is 24.3 Å². The van der Waals surface area contributed by atoms with Gasteiger partial charge in [-0.25, -0.2) is 8.78 Å². The fourth-order valence-corrected chi connectivity index (χ4v) is 4.46. The molecule has 0 bridgehead atoms. The fourth-order valence-electron chi connectivity index (χ4n) is 4.46. The van der Waals surface area contributed by atoms with Crippen LogP contribution in [-0.4, -0.2) is 72.5 Å². The molecule has 2 amide bonds. The average molecular weight is 473 g/mol. The number of benzene rings is 2. The maximum absolute atomic E-state index is 13.7. The van der Waals surface area contributed by atoms with E-state index in [1.807, 2.05) is 15.9 Å². The first kappa shape index (κ1) is 23.9. The van der Waals surface area contributed by atoms with Gasteiger partial charge in [0.2, 0.25) is 11.8 Å². The predicted octanol–water partition coefficient (Wildman–Crippen LogP) is 3.11. The van der Waals surface area contributed by atoms with Crippen LogP contribution >= 0.6 is 0 Å². The number of anilines is 2. The highest BCUT2D eigenvalue weighted by molar-refractivity contribution is 5.93. The Morgan fingerprint density at radius 3 is 2.44 bits per heavy atom. The molecule has 2 fully saturated rings. The molecule has 2 aromatic carbocycles. The molecule has 1 atom stereocenters. The van der Waals surface area contributed by atoms with Crippen LogP contribution in [0.25, 0.3) is 0 Å². The lowest BCUT2D eigenvalue weighted by molar-refractivity contribution is -0.132. The van der Waals surface area contributed by atoms with Crippen LogP contribution in [0.15, 0.2) is 48.5 Å². The summed E-state index contributed by atoms with van der Waals surface area (Å²) in [5.74, 6) is -3.01. The van der Waals surface area contributed by atoms with Gasteiger partial charge >= 0.3 is 0 Å². The lowest BCUT2D eigenvalue weighted by atomic mass is 10.1. The molecule has 9 heteroatoms. The third kappa shape index (κ3) is 5.83. The molecule has 2 heterocycles. The molecule has 34 heavy (non-hydrogen) atoms. The first-order chi connectivity index (χ1) is 16.2. The maximum atomic E-state index is 13.7. The number of phenolic OH excluding ortho intramolecular Hbond substituents is 1. The minimum atomic E-state index is -2.89. The zero-order valence-electron chi connectivity index (χ0n) is 19.2. The van der Waals surface area contributed by atoms with E-state index in [4.69, 9.17) is 0 Å². The van der Waals surface area contributed by atoms with Crippen LogP contribution < -0.4 is 10.2 Å². The molecule has 0 spiro atoms. The molecule has 2 saturated heterocycles. The predicted molar refractivity (Wildman–Crippen MR) is 126 cm³/mol. The highest BCUT2D eigenvalue weighted by Crippen LogP contribution is 2.30. The zero-order valence-corrected chi connectivity index (χ0v) is 19.2. The Kier molecular flexibility index (Phi) is 7.02. The van der Waals surface area contributed by atoms with Gasteiger partial charge in [0.15, 0.2) is 0 Å². The minimum Gasteiger partial charge on any atom is -0.508 e. The van der Waals surface area contributed by atoms with Gasteiger partial charge < -0.3 is 20.2 Å². The number of hydrogen-bond acceptors (Lipinski definition) is 5. The van der Waals surface area contributed by atoms with Gasteiger partial charge in [0.25, 0.3) is 5.92 Å². The molecule has 182 valence electrons. The summed E-state index contributed by atoms with van der Waals surface area (Å²) in [5.41, 5.74) is 1.36. The SMILES string of the molecule is CC(F)(F)c1cccc(N2CCN(C(=O)CN3CC[C@@H](C(=O)Nc4ccc(O)cc4)C3)CC2)c1. The van der Waals surface area contributed by atoms with Crippen LogP contribution in [0, 0.1) is 5.92 Å². The van der Waals surface area contributed by atoms with Crippen LogP contribution in [-0.2, 0) is 15.5 Å². The van der Waals surface area contributed by atoms with E-state index < -0.39 is 5.92 Å². The zero-order chi connectivity index (χ0) is 24.3. The number of carbonyl (C=O) groups is 2. The van der Waals surface area contributed by atoms with Crippen molar-refractivity contribution in [2.75, 3.05) is 56.0 Å². The number of nitrogens with one attached hydrogen (secondary N) is 1. The summed E-state index contributed by atoms with van der Waals surface area (Å²) < 4.78 is 27.3. The third-order valence-electron chi connectivity index (χ3n) is 6.49. The monoisotopic (exact) mass is 472 g/mol. The lowest BCUT2D eigenvalue weighted by Crippen LogP contribution is -2.51. The van der Waals surface area contributed by atoms with Crippen molar-refractivity contribution < 1.29 is 23.5 Å². The molecule has 0 aliphatic carbocycles. The number of carbonyl (C=O) groups excluding carboxylic acids is 2.